The van der Waals surface area contributed by atoms with Crippen molar-refractivity contribution >= 4 is 46.2 Å². The number of nitriles is 1. The average Bonchev–Trinajstić information content (AvgIpc) is 3.50. The molecule has 3 aromatic carbocycles. The fraction of sp³-hybridized carbons (Fsp3) is 0.0333. The average molecular weight is 538 g/mol. The Morgan fingerprint density at radius 2 is 1.79 bits per heavy atom. The maximum Gasteiger partial charge on any atom is 0.273 e. The van der Waals surface area contributed by atoms with Crippen LogP contribution in [-0.2, 0) is 4.79 Å². The van der Waals surface area contributed by atoms with E-state index >= 15 is 0 Å². The molecule has 1 N–H and O–H groups in total. The van der Waals surface area contributed by atoms with E-state index in [2.05, 4.69) is 5.32 Å². The van der Waals surface area contributed by atoms with Gasteiger partial charge in [0.25, 0.3) is 11.5 Å². The number of aromatic nitrogens is 1. The highest BCUT2D eigenvalue weighted by atomic mass is 35.5. The van der Waals surface area contributed by atoms with E-state index in [1.54, 1.807) is 60.7 Å². The van der Waals surface area contributed by atoms with Gasteiger partial charge in [0, 0.05) is 17.3 Å². The quantitative estimate of drug-likeness (QED) is 0.331. The van der Waals surface area contributed by atoms with E-state index in [0.29, 0.717) is 32.5 Å². The number of benzene rings is 3. The van der Waals surface area contributed by atoms with E-state index in [1.807, 2.05) is 49.4 Å². The second-order valence-electron chi connectivity index (χ2n) is 8.38. The topological polar surface area (TPSA) is 88.0 Å². The fourth-order valence-corrected chi connectivity index (χ4v) is 5.25. The summed E-state index contributed by atoms with van der Waals surface area (Å²) in [6.45, 7) is 1.91. The molecule has 2 heterocycles. The Bertz CT molecular complexity index is 1880. The third-order valence-electron chi connectivity index (χ3n) is 5.71. The van der Waals surface area contributed by atoms with Crippen molar-refractivity contribution < 1.29 is 9.21 Å². The Kier molecular flexibility index (Phi) is 7.09. The molecule has 186 valence electrons. The second-order valence-corrected chi connectivity index (χ2v) is 9.82. The molecule has 0 aliphatic heterocycles. The molecule has 0 saturated carbocycles. The van der Waals surface area contributed by atoms with Crippen molar-refractivity contribution in [1.29, 1.82) is 5.26 Å². The summed E-state index contributed by atoms with van der Waals surface area (Å²) in [5, 5.41) is 13.3. The number of carbonyl (C=O) groups is 1. The molecule has 5 aromatic rings. The molecule has 0 spiro atoms. The lowest BCUT2D eigenvalue weighted by molar-refractivity contribution is -0.111. The van der Waals surface area contributed by atoms with Gasteiger partial charge in [-0.3, -0.25) is 14.2 Å². The molecule has 38 heavy (non-hydrogen) atoms. The van der Waals surface area contributed by atoms with Gasteiger partial charge in [0.1, 0.15) is 22.3 Å². The summed E-state index contributed by atoms with van der Waals surface area (Å²) < 4.78 is 7.86. The van der Waals surface area contributed by atoms with Crippen LogP contribution in [0.4, 0.5) is 5.69 Å². The summed E-state index contributed by atoms with van der Waals surface area (Å²) in [4.78, 5) is 26.8. The first-order chi connectivity index (χ1) is 18.4. The summed E-state index contributed by atoms with van der Waals surface area (Å²) in [7, 11) is 0. The van der Waals surface area contributed by atoms with Gasteiger partial charge < -0.3 is 9.73 Å². The van der Waals surface area contributed by atoms with Crippen LogP contribution in [0.3, 0.4) is 0 Å². The number of halogens is 1. The number of anilines is 1. The minimum Gasteiger partial charge on any atom is -0.457 e. The van der Waals surface area contributed by atoms with Gasteiger partial charge in [-0.05, 0) is 61.0 Å². The number of nitrogens with one attached hydrogen (secondary N) is 1. The lowest BCUT2D eigenvalue weighted by atomic mass is 10.2. The Balaban J connectivity index is 1.67. The molecule has 5 rings (SSSR count). The lowest BCUT2D eigenvalue weighted by Gasteiger charge is -2.06. The zero-order valence-corrected chi connectivity index (χ0v) is 21.7. The van der Waals surface area contributed by atoms with E-state index < -0.39 is 5.91 Å². The van der Waals surface area contributed by atoms with E-state index in [1.165, 1.54) is 4.57 Å². The van der Waals surface area contributed by atoms with Crippen molar-refractivity contribution in [2.24, 2.45) is 0 Å². The predicted molar refractivity (Wildman–Crippen MR) is 151 cm³/mol. The largest absolute Gasteiger partial charge is 0.457 e. The molecule has 6 nitrogen and oxygen atoms in total. The third-order valence-corrected chi connectivity index (χ3v) is 7.13. The monoisotopic (exact) mass is 537 g/mol. The SMILES string of the molecule is Cc1cccc(NC(=O)C(C#N)=c2sc(=Cc3ccc(-c4ccccc4Cl)o3)c(=O)n2-c2ccccc2)c1. The molecular weight excluding hydrogens is 518 g/mol. The zero-order valence-electron chi connectivity index (χ0n) is 20.1. The standard InChI is InChI=1S/C30H20ClN3O3S/c1-19-8-7-9-20(16-19)33-28(35)24(18-32)30-34(21-10-3-2-4-11-21)29(36)27(38-30)17-22-14-15-26(37-22)23-12-5-6-13-25(23)31/h2-17H,1H3,(H,33,35). The minimum atomic E-state index is -0.602. The van der Waals surface area contributed by atoms with Crippen LogP contribution in [0.1, 0.15) is 11.3 Å². The zero-order chi connectivity index (χ0) is 26.6. The number of thiazole rings is 1. The Morgan fingerprint density at radius 3 is 2.53 bits per heavy atom. The smallest absolute Gasteiger partial charge is 0.273 e. The summed E-state index contributed by atoms with van der Waals surface area (Å²) in [6, 6.07) is 29.0. The molecule has 2 aromatic heterocycles. The normalized spacial score (nSPS) is 12.2. The van der Waals surface area contributed by atoms with Gasteiger partial charge in [0.2, 0.25) is 0 Å². The molecule has 0 saturated heterocycles. The molecule has 0 radical (unpaired) electrons. The van der Waals surface area contributed by atoms with Crippen LogP contribution in [0.2, 0.25) is 5.02 Å². The number of para-hydroxylation sites is 1. The molecule has 0 unspecified atom stereocenters. The number of amides is 1. The fourth-order valence-electron chi connectivity index (χ4n) is 3.94. The van der Waals surface area contributed by atoms with E-state index in [-0.39, 0.29) is 15.8 Å². The van der Waals surface area contributed by atoms with Crippen LogP contribution in [0.25, 0.3) is 28.7 Å². The van der Waals surface area contributed by atoms with Crippen molar-refractivity contribution in [3.8, 4) is 23.1 Å². The van der Waals surface area contributed by atoms with Crippen LogP contribution >= 0.6 is 22.9 Å². The van der Waals surface area contributed by atoms with E-state index in [4.69, 9.17) is 16.0 Å². The summed E-state index contributed by atoms with van der Waals surface area (Å²) in [5.41, 5.74) is 2.25. The molecular formula is C30H20ClN3O3S. The number of rotatable bonds is 5. The van der Waals surface area contributed by atoms with Gasteiger partial charge in [-0.1, -0.05) is 54.1 Å². The minimum absolute atomic E-state index is 0.173. The highest BCUT2D eigenvalue weighted by Crippen LogP contribution is 2.29. The molecule has 0 aliphatic carbocycles. The van der Waals surface area contributed by atoms with Gasteiger partial charge in [0.15, 0.2) is 5.57 Å². The number of furan rings is 1. The van der Waals surface area contributed by atoms with Gasteiger partial charge in [-0.2, -0.15) is 5.26 Å². The number of aryl methyl sites for hydroxylation is 1. The van der Waals surface area contributed by atoms with Crippen molar-refractivity contribution in [1.82, 2.24) is 4.57 Å². The molecule has 0 atom stereocenters. The van der Waals surface area contributed by atoms with Crippen molar-refractivity contribution in [3.63, 3.8) is 0 Å². The Hall–Kier alpha value is -4.64. The van der Waals surface area contributed by atoms with Gasteiger partial charge in [-0.25, -0.2) is 0 Å². The molecule has 1 amide bonds. The van der Waals surface area contributed by atoms with E-state index in [9.17, 15) is 14.9 Å². The molecule has 0 aliphatic rings. The van der Waals surface area contributed by atoms with Crippen molar-refractivity contribution in [2.45, 2.75) is 6.92 Å². The molecule has 0 fully saturated rings. The summed E-state index contributed by atoms with van der Waals surface area (Å²) in [5.74, 6) is 0.395. The van der Waals surface area contributed by atoms with Gasteiger partial charge in [0.05, 0.1) is 15.2 Å². The number of hydrogen-bond donors (Lipinski definition) is 1. The first-order valence-electron chi connectivity index (χ1n) is 11.6. The molecule has 0 bridgehead atoms. The lowest BCUT2D eigenvalue weighted by Crippen LogP contribution is -2.32. The maximum atomic E-state index is 13.6. The van der Waals surface area contributed by atoms with Crippen molar-refractivity contribution in [2.75, 3.05) is 5.32 Å². The molecule has 8 heteroatoms. The van der Waals surface area contributed by atoms with Gasteiger partial charge in [-0.15, -0.1) is 11.3 Å². The predicted octanol–water partition coefficient (Wildman–Crippen LogP) is 5.26. The van der Waals surface area contributed by atoms with Crippen LogP contribution in [-0.4, -0.2) is 10.5 Å². The summed E-state index contributed by atoms with van der Waals surface area (Å²) >= 11 is 7.35. The van der Waals surface area contributed by atoms with Crippen LogP contribution in [0.15, 0.2) is 100 Å². The van der Waals surface area contributed by atoms with Gasteiger partial charge >= 0.3 is 0 Å². The Labute approximate surface area is 227 Å². The first-order valence-corrected chi connectivity index (χ1v) is 12.8. The third kappa shape index (κ3) is 5.09. The van der Waals surface area contributed by atoms with E-state index in [0.717, 1.165) is 22.5 Å². The Morgan fingerprint density at radius 1 is 1.03 bits per heavy atom. The highest BCUT2D eigenvalue weighted by molar-refractivity contribution is 7.07. The van der Waals surface area contributed by atoms with Crippen LogP contribution in [0, 0.1) is 18.3 Å². The number of nitrogens with zero attached hydrogens (tertiary/aromatic N) is 2. The number of carbonyl (C=O) groups excluding carboxylic acids is 1. The number of hydrogen-bond acceptors (Lipinski definition) is 5. The second kappa shape index (κ2) is 10.8. The van der Waals surface area contributed by atoms with Crippen molar-refractivity contribution in [3.05, 3.63) is 127 Å². The highest BCUT2D eigenvalue weighted by Gasteiger charge is 2.18. The first kappa shape index (κ1) is 25.0. The van der Waals surface area contributed by atoms with Crippen LogP contribution in [0.5, 0.6) is 0 Å². The maximum absolute atomic E-state index is 13.6. The summed E-state index contributed by atoms with van der Waals surface area (Å²) in [6.07, 6.45) is 1.60. The van der Waals surface area contributed by atoms with Crippen LogP contribution < -0.4 is 20.1 Å².